The zero-order chi connectivity index (χ0) is 12.5. The second kappa shape index (κ2) is 4.57. The lowest BCUT2D eigenvalue weighted by Crippen LogP contribution is -2.48. The van der Waals surface area contributed by atoms with Crippen molar-refractivity contribution in [2.45, 2.75) is 19.3 Å². The molecule has 0 radical (unpaired) electrons. The molecule has 2 fully saturated rings. The average molecular weight is 260 g/mol. The second-order valence-electron chi connectivity index (χ2n) is 5.42. The maximum Gasteiger partial charge on any atom is 0.237 e. The number of nitrogens with zero attached hydrogens (tertiary/aromatic N) is 1. The molecular formula is C11H20N2O3S. The van der Waals surface area contributed by atoms with Gasteiger partial charge in [0.15, 0.2) is 9.84 Å². The van der Waals surface area contributed by atoms with Crippen LogP contribution in [0.25, 0.3) is 0 Å². The number of amides is 1. The zero-order valence-electron chi connectivity index (χ0n) is 10.2. The summed E-state index contributed by atoms with van der Waals surface area (Å²) in [5.41, 5.74) is 0.200. The van der Waals surface area contributed by atoms with E-state index in [1.165, 1.54) is 0 Å². The fraction of sp³-hybridized carbons (Fsp3) is 0.909. The topological polar surface area (TPSA) is 66.5 Å². The molecule has 98 valence electrons. The molecule has 1 atom stereocenters. The van der Waals surface area contributed by atoms with Crippen molar-refractivity contribution in [1.82, 2.24) is 10.2 Å². The molecule has 0 aromatic carbocycles. The molecule has 0 saturated carbocycles. The predicted octanol–water partition coefficient (Wildman–Crippen LogP) is -0.367. The molecular weight excluding hydrogens is 240 g/mol. The van der Waals surface area contributed by atoms with Crippen LogP contribution in [0.1, 0.15) is 19.3 Å². The number of nitrogens with one attached hydrogen (secondary N) is 1. The number of hydrogen-bond donors (Lipinski definition) is 1. The molecule has 1 unspecified atom stereocenters. The van der Waals surface area contributed by atoms with Gasteiger partial charge in [0.1, 0.15) is 5.75 Å². The number of likely N-dealkylation sites (tertiary alicyclic amines) is 1. The van der Waals surface area contributed by atoms with Gasteiger partial charge < -0.3 is 10.2 Å². The lowest BCUT2D eigenvalue weighted by molar-refractivity contribution is -0.131. The van der Waals surface area contributed by atoms with Gasteiger partial charge in [-0.2, -0.15) is 0 Å². The minimum atomic E-state index is -3.21. The molecule has 1 amide bonds. The third kappa shape index (κ3) is 3.19. The van der Waals surface area contributed by atoms with Gasteiger partial charge in [0, 0.05) is 31.3 Å². The van der Waals surface area contributed by atoms with Crippen LogP contribution in [0.15, 0.2) is 0 Å². The molecule has 17 heavy (non-hydrogen) atoms. The van der Waals surface area contributed by atoms with E-state index in [-0.39, 0.29) is 17.1 Å². The standard InChI is InChI=1S/C11H20N2O3S/c1-17(15,16)7-10(14)13-6-2-3-11(9-13)4-5-12-8-11/h12H,2-9H2,1H3. The van der Waals surface area contributed by atoms with Gasteiger partial charge >= 0.3 is 0 Å². The van der Waals surface area contributed by atoms with E-state index in [9.17, 15) is 13.2 Å². The minimum Gasteiger partial charge on any atom is -0.341 e. The molecule has 0 aromatic rings. The van der Waals surface area contributed by atoms with E-state index in [0.29, 0.717) is 13.1 Å². The Labute approximate surface area is 102 Å². The van der Waals surface area contributed by atoms with E-state index >= 15 is 0 Å². The fourth-order valence-corrected chi connectivity index (χ4v) is 3.51. The highest BCUT2D eigenvalue weighted by atomic mass is 32.2. The Morgan fingerprint density at radius 3 is 2.76 bits per heavy atom. The molecule has 2 saturated heterocycles. The molecule has 2 aliphatic heterocycles. The highest BCUT2D eigenvalue weighted by Crippen LogP contribution is 2.35. The van der Waals surface area contributed by atoms with Crippen molar-refractivity contribution in [1.29, 1.82) is 0 Å². The smallest absolute Gasteiger partial charge is 0.237 e. The second-order valence-corrected chi connectivity index (χ2v) is 7.56. The third-order valence-electron chi connectivity index (χ3n) is 3.73. The monoisotopic (exact) mass is 260 g/mol. The van der Waals surface area contributed by atoms with Crippen molar-refractivity contribution in [3.8, 4) is 0 Å². The lowest BCUT2D eigenvalue weighted by atomic mass is 9.79. The molecule has 6 heteroatoms. The van der Waals surface area contributed by atoms with Gasteiger partial charge in [0.05, 0.1) is 0 Å². The number of hydrogen-bond acceptors (Lipinski definition) is 4. The van der Waals surface area contributed by atoms with E-state index in [2.05, 4.69) is 5.32 Å². The van der Waals surface area contributed by atoms with Gasteiger partial charge in [0.25, 0.3) is 0 Å². The maximum atomic E-state index is 11.9. The van der Waals surface area contributed by atoms with E-state index in [0.717, 1.165) is 38.6 Å². The van der Waals surface area contributed by atoms with Gasteiger partial charge in [-0.05, 0) is 25.8 Å². The van der Waals surface area contributed by atoms with Crippen molar-refractivity contribution in [3.05, 3.63) is 0 Å². The SMILES string of the molecule is CS(=O)(=O)CC(=O)N1CCCC2(CCNC2)C1. The van der Waals surface area contributed by atoms with Crippen molar-refractivity contribution in [2.24, 2.45) is 5.41 Å². The first-order valence-electron chi connectivity index (χ1n) is 6.07. The molecule has 0 bridgehead atoms. The van der Waals surface area contributed by atoms with Crippen molar-refractivity contribution in [3.63, 3.8) is 0 Å². The van der Waals surface area contributed by atoms with Crippen LogP contribution < -0.4 is 5.32 Å². The number of carbonyl (C=O) groups is 1. The first-order chi connectivity index (χ1) is 7.90. The van der Waals surface area contributed by atoms with Crippen molar-refractivity contribution >= 4 is 15.7 Å². The van der Waals surface area contributed by atoms with Gasteiger partial charge in [0.2, 0.25) is 5.91 Å². The summed E-state index contributed by atoms with van der Waals surface area (Å²) in [7, 11) is -3.21. The van der Waals surface area contributed by atoms with Gasteiger partial charge in [-0.25, -0.2) is 8.42 Å². The molecule has 2 heterocycles. The summed E-state index contributed by atoms with van der Waals surface area (Å²) in [6.07, 6.45) is 4.33. The first-order valence-corrected chi connectivity index (χ1v) is 8.13. The molecule has 5 nitrogen and oxygen atoms in total. The van der Waals surface area contributed by atoms with E-state index in [1.54, 1.807) is 4.90 Å². The van der Waals surface area contributed by atoms with E-state index < -0.39 is 9.84 Å². The van der Waals surface area contributed by atoms with Gasteiger partial charge in [-0.1, -0.05) is 0 Å². The van der Waals surface area contributed by atoms with Gasteiger partial charge in [-0.3, -0.25) is 4.79 Å². The first kappa shape index (κ1) is 12.8. The highest BCUT2D eigenvalue weighted by molar-refractivity contribution is 7.91. The van der Waals surface area contributed by atoms with Crippen LogP contribution in [0, 0.1) is 5.41 Å². The maximum absolute atomic E-state index is 11.9. The normalized spacial score (nSPS) is 29.8. The molecule has 0 aromatic heterocycles. The fourth-order valence-electron chi connectivity index (χ4n) is 2.88. The molecule has 0 aliphatic carbocycles. The summed E-state index contributed by atoms with van der Waals surface area (Å²) >= 11 is 0. The summed E-state index contributed by atoms with van der Waals surface area (Å²) in [5, 5.41) is 3.33. The predicted molar refractivity (Wildman–Crippen MR) is 65.4 cm³/mol. The van der Waals surface area contributed by atoms with Crippen LogP contribution in [0.4, 0.5) is 0 Å². The van der Waals surface area contributed by atoms with Crippen molar-refractivity contribution < 1.29 is 13.2 Å². The number of carbonyl (C=O) groups excluding carboxylic acids is 1. The third-order valence-corrected chi connectivity index (χ3v) is 4.50. The van der Waals surface area contributed by atoms with Crippen LogP contribution in [0.2, 0.25) is 0 Å². The largest absolute Gasteiger partial charge is 0.341 e. The summed E-state index contributed by atoms with van der Waals surface area (Å²) in [6.45, 7) is 3.38. The molecule has 1 spiro atoms. The van der Waals surface area contributed by atoms with E-state index in [4.69, 9.17) is 0 Å². The van der Waals surface area contributed by atoms with Crippen LogP contribution in [0.3, 0.4) is 0 Å². The van der Waals surface area contributed by atoms with Crippen LogP contribution in [-0.2, 0) is 14.6 Å². The average Bonchev–Trinajstić information content (AvgIpc) is 2.64. The summed E-state index contributed by atoms with van der Waals surface area (Å²) in [6, 6.07) is 0. The minimum absolute atomic E-state index is 0.200. The Bertz CT molecular complexity index is 399. The summed E-state index contributed by atoms with van der Waals surface area (Å²) in [5.74, 6) is -0.588. The Kier molecular flexibility index (Phi) is 3.45. The van der Waals surface area contributed by atoms with Gasteiger partial charge in [-0.15, -0.1) is 0 Å². The molecule has 2 rings (SSSR count). The molecule has 1 N–H and O–H groups in total. The Balaban J connectivity index is 2.00. The Morgan fingerprint density at radius 2 is 2.18 bits per heavy atom. The number of sulfone groups is 1. The summed E-state index contributed by atoms with van der Waals surface area (Å²) in [4.78, 5) is 13.6. The quantitative estimate of drug-likeness (QED) is 0.736. The van der Waals surface area contributed by atoms with Crippen LogP contribution >= 0.6 is 0 Å². The summed E-state index contributed by atoms with van der Waals surface area (Å²) < 4.78 is 22.3. The zero-order valence-corrected chi connectivity index (χ0v) is 11.1. The van der Waals surface area contributed by atoms with Crippen molar-refractivity contribution in [2.75, 3.05) is 38.2 Å². The van der Waals surface area contributed by atoms with E-state index in [1.807, 2.05) is 0 Å². The highest BCUT2D eigenvalue weighted by Gasteiger charge is 2.39. The Morgan fingerprint density at radius 1 is 1.41 bits per heavy atom. The molecule has 2 aliphatic rings. The number of piperidine rings is 1. The number of rotatable bonds is 2. The van der Waals surface area contributed by atoms with Crippen LogP contribution in [0.5, 0.6) is 0 Å². The Hall–Kier alpha value is -0.620. The lowest BCUT2D eigenvalue weighted by Gasteiger charge is -2.40. The van der Waals surface area contributed by atoms with Crippen LogP contribution in [-0.4, -0.2) is 57.4 Å².